The zero-order valence-corrected chi connectivity index (χ0v) is 20.0. The Morgan fingerprint density at radius 2 is 1.67 bits per heavy atom. The molecule has 5 aromatic rings. The molecular formula is C28H25N3O5. The largest absolute Gasteiger partial charge is 0.497 e. The van der Waals surface area contributed by atoms with Gasteiger partial charge in [-0.1, -0.05) is 49.4 Å². The predicted octanol–water partition coefficient (Wildman–Crippen LogP) is 4.17. The summed E-state index contributed by atoms with van der Waals surface area (Å²) in [5.41, 5.74) is 2.09. The van der Waals surface area contributed by atoms with Crippen LogP contribution in [-0.2, 0) is 24.3 Å². The van der Waals surface area contributed by atoms with Gasteiger partial charge in [-0.3, -0.25) is 18.7 Å². The third-order valence-electron chi connectivity index (χ3n) is 6.21. The average Bonchev–Trinajstić information content (AvgIpc) is 3.29. The number of fused-ring (bicyclic) bond motifs is 3. The molecule has 1 N–H and O–H groups in total. The molecule has 2 heterocycles. The van der Waals surface area contributed by atoms with Gasteiger partial charge in [-0.05, 0) is 47.9 Å². The maximum atomic E-state index is 13.7. The zero-order chi connectivity index (χ0) is 25.2. The first-order valence-corrected chi connectivity index (χ1v) is 11.7. The molecule has 36 heavy (non-hydrogen) atoms. The number of furan rings is 1. The number of nitrogens with zero attached hydrogens (tertiary/aromatic N) is 2. The van der Waals surface area contributed by atoms with Crippen LogP contribution in [-0.4, -0.2) is 22.2 Å². The van der Waals surface area contributed by atoms with E-state index in [-0.39, 0.29) is 24.6 Å². The van der Waals surface area contributed by atoms with Crippen molar-refractivity contribution in [2.24, 2.45) is 0 Å². The lowest BCUT2D eigenvalue weighted by molar-refractivity contribution is -0.116. The van der Waals surface area contributed by atoms with Gasteiger partial charge in [-0.15, -0.1) is 0 Å². The molecule has 0 aliphatic rings. The summed E-state index contributed by atoms with van der Waals surface area (Å²) in [4.78, 5) is 40.2. The SMILES string of the molecule is CCc1ccccc1NC(=O)Cn1c(=O)n(Cc2ccc(OC)cc2)c(=O)c2oc3ccccc3c21. The Bertz CT molecular complexity index is 1690. The van der Waals surface area contributed by atoms with E-state index in [1.165, 1.54) is 4.57 Å². The number of ether oxygens (including phenoxy) is 1. The normalized spacial score (nSPS) is 11.2. The van der Waals surface area contributed by atoms with Crippen LogP contribution >= 0.6 is 0 Å². The van der Waals surface area contributed by atoms with E-state index >= 15 is 0 Å². The van der Waals surface area contributed by atoms with E-state index in [0.29, 0.717) is 27.9 Å². The molecule has 1 amide bonds. The number of hydrogen-bond donors (Lipinski definition) is 1. The summed E-state index contributed by atoms with van der Waals surface area (Å²) < 4.78 is 13.5. The highest BCUT2D eigenvalue weighted by Crippen LogP contribution is 2.26. The summed E-state index contributed by atoms with van der Waals surface area (Å²) >= 11 is 0. The van der Waals surface area contributed by atoms with Gasteiger partial charge in [-0.25, -0.2) is 4.79 Å². The zero-order valence-electron chi connectivity index (χ0n) is 20.0. The first-order valence-electron chi connectivity index (χ1n) is 11.7. The van der Waals surface area contributed by atoms with Crippen molar-refractivity contribution in [3.63, 3.8) is 0 Å². The smallest absolute Gasteiger partial charge is 0.332 e. The van der Waals surface area contributed by atoms with Gasteiger partial charge in [0.05, 0.1) is 13.7 Å². The summed E-state index contributed by atoms with van der Waals surface area (Å²) in [6.07, 6.45) is 0.750. The predicted molar refractivity (Wildman–Crippen MR) is 139 cm³/mol. The molecule has 3 aromatic carbocycles. The summed E-state index contributed by atoms with van der Waals surface area (Å²) in [5.74, 6) is 0.291. The van der Waals surface area contributed by atoms with E-state index in [1.807, 2.05) is 31.2 Å². The summed E-state index contributed by atoms with van der Waals surface area (Å²) in [5, 5.41) is 3.51. The maximum Gasteiger partial charge on any atom is 0.332 e. The number of amides is 1. The molecule has 0 aliphatic heterocycles. The highest BCUT2D eigenvalue weighted by molar-refractivity contribution is 6.03. The van der Waals surface area contributed by atoms with E-state index in [0.717, 1.165) is 22.1 Å². The van der Waals surface area contributed by atoms with E-state index < -0.39 is 11.2 Å². The van der Waals surface area contributed by atoms with Crippen LogP contribution in [0.3, 0.4) is 0 Å². The molecule has 0 bridgehead atoms. The minimum Gasteiger partial charge on any atom is -0.497 e. The Balaban J connectivity index is 1.63. The highest BCUT2D eigenvalue weighted by atomic mass is 16.5. The molecule has 0 spiro atoms. The molecular weight excluding hydrogens is 458 g/mol. The Hall–Kier alpha value is -4.59. The molecule has 182 valence electrons. The van der Waals surface area contributed by atoms with E-state index in [2.05, 4.69) is 5.32 Å². The second-order valence-corrected chi connectivity index (χ2v) is 8.44. The fraction of sp³-hybridized carbons (Fsp3) is 0.179. The topological polar surface area (TPSA) is 95.5 Å². The first-order chi connectivity index (χ1) is 17.5. The van der Waals surface area contributed by atoms with Crippen LogP contribution in [0.2, 0.25) is 0 Å². The van der Waals surface area contributed by atoms with Gasteiger partial charge in [0.15, 0.2) is 0 Å². The van der Waals surface area contributed by atoms with Crippen LogP contribution in [0.25, 0.3) is 22.1 Å². The number of anilines is 1. The van der Waals surface area contributed by atoms with Crippen molar-refractivity contribution in [1.29, 1.82) is 0 Å². The monoisotopic (exact) mass is 483 g/mol. The van der Waals surface area contributed by atoms with Crippen LogP contribution in [0, 0.1) is 0 Å². The lowest BCUT2D eigenvalue weighted by Gasteiger charge is -2.14. The number of nitrogens with one attached hydrogen (secondary N) is 1. The number of carbonyl (C=O) groups is 1. The van der Waals surface area contributed by atoms with Crippen molar-refractivity contribution in [2.45, 2.75) is 26.4 Å². The van der Waals surface area contributed by atoms with Crippen molar-refractivity contribution < 1.29 is 13.9 Å². The maximum absolute atomic E-state index is 13.7. The van der Waals surface area contributed by atoms with Crippen molar-refractivity contribution in [3.05, 3.63) is 105 Å². The number of hydrogen-bond acceptors (Lipinski definition) is 5. The van der Waals surface area contributed by atoms with Gasteiger partial charge < -0.3 is 14.5 Å². The second kappa shape index (κ2) is 9.58. The third-order valence-corrected chi connectivity index (χ3v) is 6.21. The molecule has 0 unspecified atom stereocenters. The molecule has 0 saturated carbocycles. The van der Waals surface area contributed by atoms with Gasteiger partial charge in [0.25, 0.3) is 5.56 Å². The lowest BCUT2D eigenvalue weighted by Crippen LogP contribution is -2.41. The fourth-order valence-corrected chi connectivity index (χ4v) is 4.38. The molecule has 8 heteroatoms. The van der Waals surface area contributed by atoms with Crippen molar-refractivity contribution in [1.82, 2.24) is 9.13 Å². The molecule has 2 aromatic heterocycles. The molecule has 0 atom stereocenters. The minimum atomic E-state index is -0.589. The van der Waals surface area contributed by atoms with Crippen LogP contribution in [0.15, 0.2) is 86.8 Å². The number of rotatable bonds is 7. The van der Waals surface area contributed by atoms with Crippen LogP contribution in [0.1, 0.15) is 18.1 Å². The second-order valence-electron chi connectivity index (χ2n) is 8.44. The molecule has 0 saturated heterocycles. The van der Waals surface area contributed by atoms with Crippen LogP contribution in [0.5, 0.6) is 5.75 Å². The lowest BCUT2D eigenvalue weighted by atomic mass is 10.1. The first kappa shape index (κ1) is 23.2. The molecule has 0 fully saturated rings. The molecule has 0 radical (unpaired) electrons. The number of carbonyl (C=O) groups excluding carboxylic acids is 1. The van der Waals surface area contributed by atoms with Gasteiger partial charge in [0.1, 0.15) is 23.4 Å². The Labute approximate surface area is 206 Å². The number of benzene rings is 3. The Morgan fingerprint density at radius 3 is 2.42 bits per heavy atom. The molecule has 0 aliphatic carbocycles. The summed E-state index contributed by atoms with van der Waals surface area (Å²) in [6, 6.07) is 21.7. The average molecular weight is 484 g/mol. The van der Waals surface area contributed by atoms with Crippen molar-refractivity contribution >= 4 is 33.7 Å². The van der Waals surface area contributed by atoms with E-state index in [9.17, 15) is 14.4 Å². The summed E-state index contributed by atoms with van der Waals surface area (Å²) in [6.45, 7) is 1.75. The van der Waals surface area contributed by atoms with Gasteiger partial charge in [0.2, 0.25) is 11.5 Å². The van der Waals surface area contributed by atoms with E-state index in [4.69, 9.17) is 9.15 Å². The Morgan fingerprint density at radius 1 is 0.944 bits per heavy atom. The van der Waals surface area contributed by atoms with Gasteiger partial charge in [0, 0.05) is 11.1 Å². The van der Waals surface area contributed by atoms with Crippen molar-refractivity contribution in [3.8, 4) is 5.75 Å². The number of aromatic nitrogens is 2. The number of para-hydroxylation sites is 2. The molecule has 5 rings (SSSR count). The standard InChI is InChI=1S/C28H25N3O5/c1-3-19-8-4-6-10-22(19)29-24(32)17-30-25-21-9-5-7-11-23(21)36-26(25)27(33)31(28(30)34)16-18-12-14-20(35-2)15-13-18/h4-15H,3,16-17H2,1-2H3,(H,29,32). The van der Waals surface area contributed by atoms with E-state index in [1.54, 1.807) is 55.6 Å². The van der Waals surface area contributed by atoms with Gasteiger partial charge in [-0.2, -0.15) is 0 Å². The fourth-order valence-electron chi connectivity index (χ4n) is 4.38. The quantitative estimate of drug-likeness (QED) is 0.375. The number of methoxy groups -OCH3 is 1. The minimum absolute atomic E-state index is 0.0228. The van der Waals surface area contributed by atoms with Crippen molar-refractivity contribution in [2.75, 3.05) is 12.4 Å². The molecule has 8 nitrogen and oxygen atoms in total. The highest BCUT2D eigenvalue weighted by Gasteiger charge is 2.21. The third kappa shape index (κ3) is 4.17. The van der Waals surface area contributed by atoms with Crippen LogP contribution < -0.4 is 21.3 Å². The Kier molecular flexibility index (Phi) is 6.16. The summed E-state index contributed by atoms with van der Waals surface area (Å²) in [7, 11) is 1.57. The number of aryl methyl sites for hydroxylation is 1. The van der Waals surface area contributed by atoms with Gasteiger partial charge >= 0.3 is 5.69 Å². The van der Waals surface area contributed by atoms with Crippen LogP contribution in [0.4, 0.5) is 5.69 Å².